The van der Waals surface area contributed by atoms with E-state index in [0.29, 0.717) is 22.9 Å². The third-order valence-corrected chi connectivity index (χ3v) is 4.94. The first-order valence-electron chi connectivity index (χ1n) is 10.3. The molecule has 0 atom stereocenters. The molecule has 0 unspecified atom stereocenters. The molecule has 2 aromatic carbocycles. The smallest absolute Gasteiger partial charge is 0.280 e. The maximum atomic E-state index is 14.3. The summed E-state index contributed by atoms with van der Waals surface area (Å²) >= 11 is 0. The number of ether oxygens (including phenoxy) is 2. The zero-order valence-electron chi connectivity index (χ0n) is 18.5. The summed E-state index contributed by atoms with van der Waals surface area (Å²) in [6.07, 6.45) is 3.35. The van der Waals surface area contributed by atoms with Gasteiger partial charge in [-0.25, -0.2) is 9.07 Å². The number of nitrogens with zero attached hydrogens (tertiary/aromatic N) is 3. The molecule has 0 aliphatic heterocycles. The number of carbonyl (C=O) groups excluding carboxylic acids is 1. The Morgan fingerprint density at radius 3 is 2.65 bits per heavy atom. The maximum Gasteiger partial charge on any atom is 0.280 e. The number of pyridine rings is 1. The largest absolute Gasteiger partial charge is 0.493 e. The van der Waals surface area contributed by atoms with Gasteiger partial charge >= 0.3 is 0 Å². The minimum atomic E-state index is -0.738. The summed E-state index contributed by atoms with van der Waals surface area (Å²) in [5.74, 6) is -0.404. The van der Waals surface area contributed by atoms with Crippen molar-refractivity contribution in [2.45, 2.75) is 13.5 Å². The number of carbonyl (C=O) groups is 1. The Hall–Kier alpha value is -4.53. The molecule has 0 bridgehead atoms. The Bertz CT molecular complexity index is 1390. The van der Waals surface area contributed by atoms with Crippen molar-refractivity contribution in [3.05, 3.63) is 106 Å². The summed E-state index contributed by atoms with van der Waals surface area (Å²) in [5, 5.41) is 6.77. The summed E-state index contributed by atoms with van der Waals surface area (Å²) in [6.45, 7) is 1.85. The van der Waals surface area contributed by atoms with Crippen molar-refractivity contribution in [2.75, 3.05) is 12.4 Å². The summed E-state index contributed by atoms with van der Waals surface area (Å²) in [5.41, 5.74) is 0.793. The van der Waals surface area contributed by atoms with Crippen LogP contribution < -0.4 is 20.2 Å². The molecule has 4 aromatic rings. The van der Waals surface area contributed by atoms with Crippen LogP contribution in [0.5, 0.6) is 11.5 Å². The average molecular weight is 460 g/mol. The van der Waals surface area contributed by atoms with Crippen LogP contribution in [0.25, 0.3) is 5.69 Å². The molecular formula is C25H21FN4O4. The number of aryl methyl sites for hydroxylation is 1. The fraction of sp³-hybridized carbons (Fsp3) is 0.120. The molecule has 0 saturated heterocycles. The molecule has 4 rings (SSSR count). The molecule has 1 N–H and O–H groups in total. The van der Waals surface area contributed by atoms with Gasteiger partial charge in [-0.1, -0.05) is 18.2 Å². The van der Waals surface area contributed by atoms with Gasteiger partial charge in [-0.2, -0.15) is 5.10 Å². The summed E-state index contributed by atoms with van der Waals surface area (Å²) in [7, 11) is 1.51. The van der Waals surface area contributed by atoms with Gasteiger partial charge in [-0.3, -0.25) is 14.6 Å². The second-order valence-electron chi connectivity index (χ2n) is 7.33. The fourth-order valence-electron chi connectivity index (χ4n) is 3.27. The van der Waals surface area contributed by atoms with Crippen LogP contribution in [0.3, 0.4) is 0 Å². The molecule has 1 amide bonds. The van der Waals surface area contributed by atoms with Crippen LogP contribution in [0, 0.1) is 12.7 Å². The molecule has 0 saturated carbocycles. The maximum absolute atomic E-state index is 14.3. The van der Waals surface area contributed by atoms with E-state index in [4.69, 9.17) is 9.47 Å². The highest BCUT2D eigenvalue weighted by atomic mass is 19.1. The summed E-state index contributed by atoms with van der Waals surface area (Å²) in [6, 6.07) is 15.7. The molecular weight excluding hydrogens is 439 g/mol. The molecule has 0 aliphatic rings. The fourth-order valence-corrected chi connectivity index (χ4v) is 3.27. The van der Waals surface area contributed by atoms with E-state index in [2.05, 4.69) is 15.4 Å². The minimum absolute atomic E-state index is 0.129. The lowest BCUT2D eigenvalue weighted by Crippen LogP contribution is -2.27. The van der Waals surface area contributed by atoms with Crippen molar-refractivity contribution in [1.29, 1.82) is 0 Å². The highest BCUT2D eigenvalue weighted by molar-refractivity contribution is 6.02. The zero-order chi connectivity index (χ0) is 24.1. The van der Waals surface area contributed by atoms with Crippen molar-refractivity contribution in [3.63, 3.8) is 0 Å². The van der Waals surface area contributed by atoms with Crippen LogP contribution in [0.4, 0.5) is 10.1 Å². The van der Waals surface area contributed by atoms with Crippen LogP contribution in [0.15, 0.2) is 77.9 Å². The number of aromatic nitrogens is 3. The summed E-state index contributed by atoms with van der Waals surface area (Å²) in [4.78, 5) is 29.4. The van der Waals surface area contributed by atoms with E-state index in [9.17, 15) is 14.0 Å². The van der Waals surface area contributed by atoms with Gasteiger partial charge in [0.25, 0.3) is 5.91 Å². The number of anilines is 1. The van der Waals surface area contributed by atoms with Crippen molar-refractivity contribution >= 4 is 11.6 Å². The number of methoxy groups -OCH3 is 1. The number of benzene rings is 2. The van der Waals surface area contributed by atoms with E-state index >= 15 is 0 Å². The zero-order valence-corrected chi connectivity index (χ0v) is 18.5. The number of nitrogens with one attached hydrogen (secondary N) is 1. The van der Waals surface area contributed by atoms with Crippen LogP contribution in [0.1, 0.15) is 21.7 Å². The quantitative estimate of drug-likeness (QED) is 0.449. The molecule has 2 aromatic heterocycles. The predicted octanol–water partition coefficient (Wildman–Crippen LogP) is 3.91. The predicted molar refractivity (Wildman–Crippen MR) is 124 cm³/mol. The lowest BCUT2D eigenvalue weighted by molar-refractivity contribution is 0.101. The van der Waals surface area contributed by atoms with E-state index < -0.39 is 17.2 Å². The van der Waals surface area contributed by atoms with Gasteiger partial charge in [-0.05, 0) is 37.3 Å². The second kappa shape index (κ2) is 9.95. The number of para-hydroxylation sites is 1. The SMILES string of the molecule is COc1ccc(NC(=O)c2nn(-c3ccccc3F)c(C)cc2=O)cc1OCc1cccnc1. The van der Waals surface area contributed by atoms with Gasteiger partial charge in [0.15, 0.2) is 17.2 Å². The average Bonchev–Trinajstić information content (AvgIpc) is 2.84. The van der Waals surface area contributed by atoms with Crippen molar-refractivity contribution in [3.8, 4) is 17.2 Å². The highest BCUT2D eigenvalue weighted by Crippen LogP contribution is 2.31. The Labute approximate surface area is 194 Å². The van der Waals surface area contributed by atoms with Crippen LogP contribution in [-0.2, 0) is 6.61 Å². The van der Waals surface area contributed by atoms with Gasteiger partial charge in [0, 0.05) is 41.5 Å². The van der Waals surface area contributed by atoms with Gasteiger partial charge < -0.3 is 14.8 Å². The molecule has 9 heteroatoms. The Morgan fingerprint density at radius 2 is 1.91 bits per heavy atom. The van der Waals surface area contributed by atoms with Gasteiger partial charge in [0.1, 0.15) is 18.1 Å². The Morgan fingerprint density at radius 1 is 1.09 bits per heavy atom. The van der Waals surface area contributed by atoms with Crippen LogP contribution in [-0.4, -0.2) is 27.8 Å². The van der Waals surface area contributed by atoms with Crippen LogP contribution >= 0.6 is 0 Å². The van der Waals surface area contributed by atoms with Crippen LogP contribution in [0.2, 0.25) is 0 Å². The van der Waals surface area contributed by atoms with Gasteiger partial charge in [0.05, 0.1) is 7.11 Å². The number of hydrogen-bond donors (Lipinski definition) is 1. The first-order chi connectivity index (χ1) is 16.5. The lowest BCUT2D eigenvalue weighted by Gasteiger charge is -2.14. The van der Waals surface area contributed by atoms with Crippen molar-refractivity contribution in [1.82, 2.24) is 14.8 Å². The first-order valence-corrected chi connectivity index (χ1v) is 10.3. The Balaban J connectivity index is 1.59. The van der Waals surface area contributed by atoms with E-state index in [1.807, 2.05) is 6.07 Å². The van der Waals surface area contributed by atoms with E-state index in [0.717, 1.165) is 5.56 Å². The second-order valence-corrected chi connectivity index (χ2v) is 7.33. The highest BCUT2D eigenvalue weighted by Gasteiger charge is 2.18. The van der Waals surface area contributed by atoms with Crippen molar-refractivity contribution < 1.29 is 18.7 Å². The molecule has 0 radical (unpaired) electrons. The topological polar surface area (TPSA) is 95.3 Å². The number of rotatable bonds is 7. The van der Waals surface area contributed by atoms with Gasteiger partial charge in [0.2, 0.25) is 5.43 Å². The normalized spacial score (nSPS) is 10.6. The minimum Gasteiger partial charge on any atom is -0.493 e. The number of amides is 1. The Kier molecular flexibility index (Phi) is 6.63. The first kappa shape index (κ1) is 22.7. The molecule has 8 nitrogen and oxygen atoms in total. The van der Waals surface area contributed by atoms with E-state index in [1.165, 1.54) is 30.0 Å². The molecule has 34 heavy (non-hydrogen) atoms. The standard InChI is InChI=1S/C25H21FN4O4/c1-16-12-21(31)24(29-30(16)20-8-4-3-7-19(20)26)25(32)28-18-9-10-22(33-2)23(13-18)34-15-17-6-5-11-27-14-17/h3-14H,15H2,1-2H3,(H,28,32). The lowest BCUT2D eigenvalue weighted by atomic mass is 10.2. The molecule has 0 aliphatic carbocycles. The molecule has 172 valence electrons. The molecule has 0 fully saturated rings. The third-order valence-electron chi connectivity index (χ3n) is 4.94. The summed E-state index contributed by atoms with van der Waals surface area (Å²) < 4.78 is 26.7. The van der Waals surface area contributed by atoms with E-state index in [1.54, 1.807) is 55.7 Å². The third kappa shape index (κ3) is 4.93. The van der Waals surface area contributed by atoms with Crippen molar-refractivity contribution in [2.24, 2.45) is 0 Å². The van der Waals surface area contributed by atoms with E-state index in [-0.39, 0.29) is 18.0 Å². The molecule has 2 heterocycles. The van der Waals surface area contributed by atoms with Gasteiger partial charge in [-0.15, -0.1) is 0 Å². The number of hydrogen-bond acceptors (Lipinski definition) is 6. The number of halogens is 1. The molecule has 0 spiro atoms. The monoisotopic (exact) mass is 460 g/mol.